The quantitative estimate of drug-likeness (QED) is 0.808. The van der Waals surface area contributed by atoms with Crippen LogP contribution in [-0.4, -0.2) is 50.1 Å². The van der Waals surface area contributed by atoms with Crippen molar-refractivity contribution in [3.05, 3.63) is 45.8 Å². The number of carbonyl (C=O) groups excluding carboxylic acids is 1. The largest absolute Gasteiger partial charge is 0.422 e. The highest BCUT2D eigenvalue weighted by Gasteiger charge is 2.18. The average molecular weight is 352 g/mol. The standard InChI is InChI=1S/C17H21N3O3.ClH/c1-12-13-4-2-3-5-14(13)23-17(22)15(12)16(21)19-8-11-20-9-6-18-7-10-20;/h2-5,18H,6-11H2,1H3,(H,19,21);1H. The number of rotatable bonds is 4. The van der Waals surface area contributed by atoms with Crippen LogP contribution in [0.3, 0.4) is 0 Å². The molecule has 0 saturated carbocycles. The minimum atomic E-state index is -0.583. The normalized spacial score (nSPS) is 15.0. The number of nitrogens with zero attached hydrogens (tertiary/aromatic N) is 1. The SMILES string of the molecule is Cc1c(C(=O)NCCN2CCNCC2)c(=O)oc2ccccc12.Cl. The van der Waals surface area contributed by atoms with Gasteiger partial charge in [0, 0.05) is 44.7 Å². The van der Waals surface area contributed by atoms with Gasteiger partial charge in [0.25, 0.3) is 5.91 Å². The van der Waals surface area contributed by atoms with E-state index in [-0.39, 0.29) is 23.9 Å². The number of piperazine rings is 1. The Morgan fingerprint density at radius 3 is 2.75 bits per heavy atom. The molecule has 1 aromatic carbocycles. The van der Waals surface area contributed by atoms with Crippen LogP contribution >= 0.6 is 12.4 Å². The molecule has 0 aliphatic carbocycles. The zero-order valence-corrected chi connectivity index (χ0v) is 14.4. The van der Waals surface area contributed by atoms with E-state index in [0.29, 0.717) is 17.7 Å². The summed E-state index contributed by atoms with van der Waals surface area (Å²) in [5.74, 6) is -0.364. The van der Waals surface area contributed by atoms with Gasteiger partial charge in [-0.05, 0) is 18.6 Å². The van der Waals surface area contributed by atoms with E-state index >= 15 is 0 Å². The molecule has 1 aromatic heterocycles. The van der Waals surface area contributed by atoms with Crippen molar-refractivity contribution in [2.45, 2.75) is 6.92 Å². The Kier molecular flexibility index (Phi) is 6.36. The van der Waals surface area contributed by atoms with E-state index in [1.807, 2.05) is 12.1 Å². The number of halogens is 1. The van der Waals surface area contributed by atoms with Crippen LogP contribution in [0.15, 0.2) is 33.5 Å². The summed E-state index contributed by atoms with van der Waals surface area (Å²) >= 11 is 0. The zero-order valence-electron chi connectivity index (χ0n) is 13.6. The van der Waals surface area contributed by atoms with E-state index in [1.165, 1.54) is 0 Å². The molecule has 1 saturated heterocycles. The van der Waals surface area contributed by atoms with Crippen molar-refractivity contribution >= 4 is 29.3 Å². The predicted molar refractivity (Wildman–Crippen MR) is 96.1 cm³/mol. The fourth-order valence-electron chi connectivity index (χ4n) is 2.92. The molecule has 3 rings (SSSR count). The summed E-state index contributed by atoms with van der Waals surface area (Å²) in [7, 11) is 0. The van der Waals surface area contributed by atoms with Gasteiger partial charge in [0.15, 0.2) is 0 Å². The molecule has 6 nitrogen and oxygen atoms in total. The predicted octanol–water partition coefficient (Wildman–Crippen LogP) is 1.16. The number of benzene rings is 1. The molecule has 2 aromatic rings. The molecule has 0 unspecified atom stereocenters. The van der Waals surface area contributed by atoms with Crippen LogP contribution in [0.5, 0.6) is 0 Å². The van der Waals surface area contributed by atoms with Crippen LogP contribution in [0.1, 0.15) is 15.9 Å². The van der Waals surface area contributed by atoms with Gasteiger partial charge >= 0.3 is 5.63 Å². The highest BCUT2D eigenvalue weighted by atomic mass is 35.5. The summed E-state index contributed by atoms with van der Waals surface area (Å²) in [6.07, 6.45) is 0. The zero-order chi connectivity index (χ0) is 16.2. The Morgan fingerprint density at radius 2 is 2.00 bits per heavy atom. The Bertz CT molecular complexity index is 769. The Labute approximate surface area is 146 Å². The third-order valence-electron chi connectivity index (χ3n) is 4.22. The first-order valence-electron chi connectivity index (χ1n) is 7.90. The summed E-state index contributed by atoms with van der Waals surface area (Å²) in [5, 5.41) is 6.91. The van der Waals surface area contributed by atoms with Gasteiger partial charge in [0.05, 0.1) is 0 Å². The van der Waals surface area contributed by atoms with Crippen molar-refractivity contribution in [2.75, 3.05) is 39.3 Å². The molecule has 2 heterocycles. The second-order valence-electron chi connectivity index (χ2n) is 5.73. The van der Waals surface area contributed by atoms with Crippen molar-refractivity contribution in [1.82, 2.24) is 15.5 Å². The van der Waals surface area contributed by atoms with E-state index in [0.717, 1.165) is 38.1 Å². The molecule has 130 valence electrons. The van der Waals surface area contributed by atoms with Gasteiger partial charge in [0.1, 0.15) is 11.1 Å². The number of fused-ring (bicyclic) bond motifs is 1. The van der Waals surface area contributed by atoms with Crippen LogP contribution in [0, 0.1) is 6.92 Å². The van der Waals surface area contributed by atoms with Gasteiger partial charge in [0.2, 0.25) is 0 Å². The molecule has 0 atom stereocenters. The van der Waals surface area contributed by atoms with Gasteiger partial charge in [-0.15, -0.1) is 12.4 Å². The maximum absolute atomic E-state index is 12.4. The molecular formula is C17H22ClN3O3. The summed E-state index contributed by atoms with van der Waals surface area (Å²) < 4.78 is 5.26. The van der Waals surface area contributed by atoms with E-state index in [9.17, 15) is 9.59 Å². The first kappa shape index (κ1) is 18.4. The van der Waals surface area contributed by atoms with Crippen LogP contribution in [0.2, 0.25) is 0 Å². The molecule has 1 fully saturated rings. The minimum absolute atomic E-state index is 0. The number of amides is 1. The maximum Gasteiger partial charge on any atom is 0.349 e. The third-order valence-corrected chi connectivity index (χ3v) is 4.22. The second kappa shape index (κ2) is 8.28. The van der Waals surface area contributed by atoms with Crippen LogP contribution in [0.25, 0.3) is 11.0 Å². The molecule has 24 heavy (non-hydrogen) atoms. The number of hydrogen-bond donors (Lipinski definition) is 2. The van der Waals surface area contributed by atoms with Crippen molar-refractivity contribution in [2.24, 2.45) is 0 Å². The molecule has 0 bridgehead atoms. The lowest BCUT2D eigenvalue weighted by molar-refractivity contribution is 0.0943. The van der Waals surface area contributed by atoms with Gasteiger partial charge in [-0.25, -0.2) is 4.79 Å². The lowest BCUT2D eigenvalue weighted by Gasteiger charge is -2.27. The lowest BCUT2D eigenvalue weighted by atomic mass is 10.1. The number of nitrogens with one attached hydrogen (secondary N) is 2. The van der Waals surface area contributed by atoms with E-state index in [2.05, 4.69) is 15.5 Å². The van der Waals surface area contributed by atoms with Crippen molar-refractivity contribution in [1.29, 1.82) is 0 Å². The molecule has 1 aliphatic rings. The summed E-state index contributed by atoms with van der Waals surface area (Å²) in [4.78, 5) is 26.8. The third kappa shape index (κ3) is 3.95. The van der Waals surface area contributed by atoms with Crippen molar-refractivity contribution in [3.63, 3.8) is 0 Å². The second-order valence-corrected chi connectivity index (χ2v) is 5.73. The van der Waals surface area contributed by atoms with Gasteiger partial charge < -0.3 is 15.1 Å². The van der Waals surface area contributed by atoms with Gasteiger partial charge in [-0.3, -0.25) is 9.69 Å². The minimum Gasteiger partial charge on any atom is -0.422 e. The highest BCUT2D eigenvalue weighted by Crippen LogP contribution is 2.18. The average Bonchev–Trinajstić information content (AvgIpc) is 2.56. The van der Waals surface area contributed by atoms with Crippen LogP contribution < -0.4 is 16.3 Å². The molecule has 1 aliphatic heterocycles. The number of hydrogen-bond acceptors (Lipinski definition) is 5. The molecule has 0 spiro atoms. The van der Waals surface area contributed by atoms with E-state index in [4.69, 9.17) is 4.42 Å². The first-order chi connectivity index (χ1) is 11.2. The van der Waals surface area contributed by atoms with E-state index in [1.54, 1.807) is 19.1 Å². The van der Waals surface area contributed by atoms with Gasteiger partial charge in [-0.2, -0.15) is 0 Å². The van der Waals surface area contributed by atoms with Crippen molar-refractivity contribution < 1.29 is 9.21 Å². The lowest BCUT2D eigenvalue weighted by Crippen LogP contribution is -2.46. The monoisotopic (exact) mass is 351 g/mol. The molecule has 1 amide bonds. The smallest absolute Gasteiger partial charge is 0.349 e. The number of carbonyl (C=O) groups is 1. The Morgan fingerprint density at radius 1 is 1.29 bits per heavy atom. The topological polar surface area (TPSA) is 74.6 Å². The fourth-order valence-corrected chi connectivity index (χ4v) is 2.92. The first-order valence-corrected chi connectivity index (χ1v) is 7.90. The molecule has 0 radical (unpaired) electrons. The summed E-state index contributed by atoms with van der Waals surface area (Å²) in [6.45, 7) is 6.99. The van der Waals surface area contributed by atoms with Crippen LogP contribution in [0.4, 0.5) is 0 Å². The van der Waals surface area contributed by atoms with Crippen molar-refractivity contribution in [3.8, 4) is 0 Å². The number of aryl methyl sites for hydroxylation is 1. The maximum atomic E-state index is 12.4. The van der Waals surface area contributed by atoms with Gasteiger partial charge in [-0.1, -0.05) is 18.2 Å². The number of para-hydroxylation sites is 1. The summed E-state index contributed by atoms with van der Waals surface area (Å²) in [5.41, 5.74) is 0.689. The molecule has 7 heteroatoms. The Hall–Kier alpha value is -1.89. The fraction of sp³-hybridized carbons (Fsp3) is 0.412. The Balaban J connectivity index is 0.00000208. The van der Waals surface area contributed by atoms with Crippen LogP contribution in [-0.2, 0) is 0 Å². The highest BCUT2D eigenvalue weighted by molar-refractivity contribution is 5.99. The molecule has 2 N–H and O–H groups in total. The molecular weight excluding hydrogens is 330 g/mol. The van der Waals surface area contributed by atoms with E-state index < -0.39 is 5.63 Å². The summed E-state index contributed by atoms with van der Waals surface area (Å²) in [6, 6.07) is 7.25.